The van der Waals surface area contributed by atoms with Crippen molar-refractivity contribution in [1.29, 1.82) is 0 Å². The van der Waals surface area contributed by atoms with Gasteiger partial charge in [0.2, 0.25) is 0 Å². The first-order valence-electron chi connectivity index (χ1n) is 9.04. The number of rotatable bonds is 6. The number of nitrogens with zero attached hydrogens (tertiary/aromatic N) is 1. The van der Waals surface area contributed by atoms with Gasteiger partial charge in [0.15, 0.2) is 11.5 Å². The summed E-state index contributed by atoms with van der Waals surface area (Å²) >= 11 is 0.859. The highest BCUT2D eigenvalue weighted by molar-refractivity contribution is 8.18. The van der Waals surface area contributed by atoms with Crippen LogP contribution in [-0.2, 0) is 11.2 Å². The van der Waals surface area contributed by atoms with Crippen LogP contribution in [0.2, 0.25) is 0 Å². The number of amides is 3. The molecule has 1 aliphatic heterocycles. The van der Waals surface area contributed by atoms with Crippen LogP contribution in [0.1, 0.15) is 28.4 Å². The zero-order valence-corrected chi connectivity index (χ0v) is 16.5. The van der Waals surface area contributed by atoms with E-state index in [1.54, 1.807) is 6.08 Å². The molecular formula is C21H20N2O5S. The largest absolute Gasteiger partial charge is 0.504 e. The van der Waals surface area contributed by atoms with Gasteiger partial charge in [-0.3, -0.25) is 19.3 Å². The highest BCUT2D eigenvalue weighted by atomic mass is 32.2. The third-order valence-electron chi connectivity index (χ3n) is 4.44. The number of para-hydroxylation sites is 1. The monoisotopic (exact) mass is 412 g/mol. The van der Waals surface area contributed by atoms with Crippen molar-refractivity contribution >= 4 is 34.9 Å². The Morgan fingerprint density at radius 3 is 2.55 bits per heavy atom. The summed E-state index contributed by atoms with van der Waals surface area (Å²) in [4.78, 5) is 38.2. The predicted octanol–water partition coefficient (Wildman–Crippen LogP) is 3.13. The first kappa shape index (κ1) is 20.5. The number of aromatic hydroxyl groups is 2. The van der Waals surface area contributed by atoms with E-state index >= 15 is 0 Å². The van der Waals surface area contributed by atoms with Gasteiger partial charge < -0.3 is 15.5 Å². The molecule has 150 valence electrons. The molecule has 2 aromatic rings. The normalized spacial score (nSPS) is 15.2. The summed E-state index contributed by atoms with van der Waals surface area (Å²) < 4.78 is 0. The fraction of sp³-hybridized carbons (Fsp3) is 0.190. The SMILES string of the molecule is CCc1ccc(C=C2SC(=O)N(CCNC(=O)c3cccc(O)c3O)C2=O)cc1. The number of nitrogens with one attached hydrogen (secondary N) is 1. The van der Waals surface area contributed by atoms with Crippen LogP contribution < -0.4 is 5.32 Å². The van der Waals surface area contributed by atoms with Crippen LogP contribution in [0, 0.1) is 0 Å². The molecule has 3 rings (SSSR count). The Balaban J connectivity index is 1.60. The van der Waals surface area contributed by atoms with Crippen molar-refractivity contribution in [2.24, 2.45) is 0 Å². The Labute approximate surface area is 172 Å². The average molecular weight is 412 g/mol. The molecule has 0 atom stereocenters. The molecule has 8 heteroatoms. The summed E-state index contributed by atoms with van der Waals surface area (Å²) in [5.41, 5.74) is 1.93. The molecule has 3 N–H and O–H groups in total. The van der Waals surface area contributed by atoms with Crippen LogP contribution in [0.5, 0.6) is 11.5 Å². The molecule has 0 aliphatic carbocycles. The molecule has 0 unspecified atom stereocenters. The van der Waals surface area contributed by atoms with E-state index in [1.807, 2.05) is 24.3 Å². The molecule has 0 radical (unpaired) electrons. The molecule has 0 aromatic heterocycles. The highest BCUT2D eigenvalue weighted by Gasteiger charge is 2.34. The average Bonchev–Trinajstić information content (AvgIpc) is 2.97. The lowest BCUT2D eigenvalue weighted by atomic mass is 10.1. The fourth-order valence-electron chi connectivity index (χ4n) is 2.78. The molecule has 1 saturated heterocycles. The van der Waals surface area contributed by atoms with Crippen molar-refractivity contribution in [3.63, 3.8) is 0 Å². The van der Waals surface area contributed by atoms with Gasteiger partial charge in [-0.15, -0.1) is 0 Å². The number of carbonyl (C=O) groups is 3. The Hall–Kier alpha value is -3.26. The maximum atomic E-state index is 12.5. The summed E-state index contributed by atoms with van der Waals surface area (Å²) in [5, 5.41) is 21.3. The van der Waals surface area contributed by atoms with E-state index in [4.69, 9.17) is 0 Å². The molecule has 3 amide bonds. The minimum atomic E-state index is -0.614. The van der Waals surface area contributed by atoms with Gasteiger partial charge in [0.05, 0.1) is 10.5 Å². The number of hydrogen-bond acceptors (Lipinski definition) is 6. The van der Waals surface area contributed by atoms with Gasteiger partial charge in [-0.25, -0.2) is 0 Å². The van der Waals surface area contributed by atoms with Crippen LogP contribution in [0.3, 0.4) is 0 Å². The van der Waals surface area contributed by atoms with Crippen LogP contribution in [0.15, 0.2) is 47.4 Å². The number of hydrogen-bond donors (Lipinski definition) is 3. The van der Waals surface area contributed by atoms with E-state index in [-0.39, 0.29) is 18.7 Å². The summed E-state index contributed by atoms with van der Waals surface area (Å²) in [5.74, 6) is -1.94. The second-order valence-electron chi connectivity index (χ2n) is 6.36. The van der Waals surface area contributed by atoms with Gasteiger partial charge in [-0.2, -0.15) is 0 Å². The first-order chi connectivity index (χ1) is 13.9. The Bertz CT molecular complexity index is 985. The topological polar surface area (TPSA) is 107 Å². The van der Waals surface area contributed by atoms with E-state index < -0.39 is 28.6 Å². The molecule has 0 spiro atoms. The minimum absolute atomic E-state index is 0.00208. The first-order valence-corrected chi connectivity index (χ1v) is 9.85. The standard InChI is InChI=1S/C21H20N2O5S/c1-2-13-6-8-14(9-7-13)12-17-20(27)23(21(28)29-17)11-10-22-19(26)15-4-3-5-16(24)18(15)25/h3-9,12,24-25H,2,10-11H2,1H3,(H,22,26). The van der Waals surface area contributed by atoms with Crippen molar-refractivity contribution in [2.45, 2.75) is 13.3 Å². The number of carbonyl (C=O) groups excluding carboxylic acids is 3. The minimum Gasteiger partial charge on any atom is -0.504 e. The maximum Gasteiger partial charge on any atom is 0.293 e. The summed E-state index contributed by atoms with van der Waals surface area (Å²) in [6, 6.07) is 11.8. The molecule has 7 nitrogen and oxygen atoms in total. The van der Waals surface area contributed by atoms with Gasteiger partial charge >= 0.3 is 0 Å². The van der Waals surface area contributed by atoms with E-state index in [9.17, 15) is 24.6 Å². The van der Waals surface area contributed by atoms with Crippen LogP contribution in [0.4, 0.5) is 4.79 Å². The second kappa shape index (κ2) is 8.83. The lowest BCUT2D eigenvalue weighted by molar-refractivity contribution is -0.122. The predicted molar refractivity (Wildman–Crippen MR) is 111 cm³/mol. The van der Waals surface area contributed by atoms with E-state index in [1.165, 1.54) is 23.8 Å². The molecule has 0 saturated carbocycles. The number of imide groups is 1. The molecular weight excluding hydrogens is 392 g/mol. The molecule has 2 aromatic carbocycles. The molecule has 1 aliphatic rings. The Morgan fingerprint density at radius 2 is 1.86 bits per heavy atom. The van der Waals surface area contributed by atoms with Crippen molar-refractivity contribution < 1.29 is 24.6 Å². The van der Waals surface area contributed by atoms with Gasteiger partial charge in [0.25, 0.3) is 17.1 Å². The van der Waals surface area contributed by atoms with Crippen LogP contribution >= 0.6 is 11.8 Å². The highest BCUT2D eigenvalue weighted by Crippen LogP contribution is 2.32. The Kier molecular flexibility index (Phi) is 6.23. The van der Waals surface area contributed by atoms with Crippen molar-refractivity contribution in [3.8, 4) is 11.5 Å². The quantitative estimate of drug-likeness (QED) is 0.497. The molecule has 0 bridgehead atoms. The maximum absolute atomic E-state index is 12.5. The van der Waals surface area contributed by atoms with Crippen molar-refractivity contribution in [2.75, 3.05) is 13.1 Å². The third kappa shape index (κ3) is 4.60. The molecule has 29 heavy (non-hydrogen) atoms. The van der Waals surface area contributed by atoms with E-state index in [2.05, 4.69) is 12.2 Å². The van der Waals surface area contributed by atoms with Gasteiger partial charge in [-0.1, -0.05) is 37.3 Å². The van der Waals surface area contributed by atoms with Gasteiger partial charge in [0.1, 0.15) is 0 Å². The number of phenols is 2. The van der Waals surface area contributed by atoms with E-state index in [0.29, 0.717) is 4.91 Å². The van der Waals surface area contributed by atoms with Crippen molar-refractivity contribution in [3.05, 3.63) is 64.1 Å². The second-order valence-corrected chi connectivity index (χ2v) is 7.35. The van der Waals surface area contributed by atoms with Crippen molar-refractivity contribution in [1.82, 2.24) is 10.2 Å². The van der Waals surface area contributed by atoms with E-state index in [0.717, 1.165) is 28.6 Å². The zero-order valence-electron chi connectivity index (χ0n) is 15.7. The number of benzene rings is 2. The number of phenolic OH excluding ortho intramolecular Hbond substituents is 2. The molecule has 1 fully saturated rings. The van der Waals surface area contributed by atoms with Gasteiger partial charge in [-0.05, 0) is 47.5 Å². The van der Waals surface area contributed by atoms with Crippen LogP contribution in [-0.4, -0.2) is 45.3 Å². The van der Waals surface area contributed by atoms with Gasteiger partial charge in [0, 0.05) is 13.1 Å². The summed E-state index contributed by atoms with van der Waals surface area (Å²) in [6.07, 6.45) is 2.59. The lowest BCUT2D eigenvalue weighted by Crippen LogP contribution is -2.37. The zero-order chi connectivity index (χ0) is 21.0. The lowest BCUT2D eigenvalue weighted by Gasteiger charge is -2.13. The third-order valence-corrected chi connectivity index (χ3v) is 5.35. The molecule has 1 heterocycles. The fourth-order valence-corrected chi connectivity index (χ4v) is 3.65. The number of thioether (sulfide) groups is 1. The Morgan fingerprint density at radius 1 is 1.14 bits per heavy atom. The smallest absolute Gasteiger partial charge is 0.293 e. The summed E-state index contributed by atoms with van der Waals surface area (Å²) in [7, 11) is 0. The summed E-state index contributed by atoms with van der Waals surface area (Å²) in [6.45, 7) is 2.08. The van der Waals surface area contributed by atoms with Crippen LogP contribution in [0.25, 0.3) is 6.08 Å². The number of aryl methyl sites for hydroxylation is 1.